The van der Waals surface area contributed by atoms with E-state index in [1.807, 2.05) is 18.2 Å². The van der Waals surface area contributed by atoms with Gasteiger partial charge in [0.15, 0.2) is 0 Å². The number of nitrogens with one attached hydrogen (secondary N) is 1. The summed E-state index contributed by atoms with van der Waals surface area (Å²) in [7, 11) is 1.57. The molecule has 0 saturated carbocycles. The Kier molecular flexibility index (Phi) is 4.54. The molecule has 82 valence electrons. The molecule has 16 heavy (non-hydrogen) atoms. The molecule has 0 aliphatic carbocycles. The number of nitrogens with zero attached hydrogens (tertiary/aromatic N) is 2. The minimum absolute atomic E-state index is 0.199. The summed E-state index contributed by atoms with van der Waals surface area (Å²) in [5.41, 5.74) is 3.04. The van der Waals surface area contributed by atoms with Crippen molar-refractivity contribution in [2.75, 3.05) is 7.11 Å². The molecular formula is C11H11N3O2. The van der Waals surface area contributed by atoms with Crippen LogP contribution in [0.4, 0.5) is 0 Å². The van der Waals surface area contributed by atoms with Crippen molar-refractivity contribution in [2.45, 2.75) is 6.42 Å². The second kappa shape index (κ2) is 6.19. The molecule has 0 aromatic heterocycles. The first-order valence-electron chi connectivity index (χ1n) is 4.59. The van der Waals surface area contributed by atoms with Gasteiger partial charge in [-0.1, -0.05) is 12.1 Å². The molecule has 1 aromatic rings. The van der Waals surface area contributed by atoms with Gasteiger partial charge in [0.2, 0.25) is 0 Å². The number of ether oxygens (including phenoxy) is 1. The fourth-order valence-electron chi connectivity index (χ4n) is 1.01. The summed E-state index contributed by atoms with van der Waals surface area (Å²) < 4.78 is 5.03. The first kappa shape index (κ1) is 11.7. The first-order valence-corrected chi connectivity index (χ1v) is 4.59. The van der Waals surface area contributed by atoms with E-state index in [-0.39, 0.29) is 6.42 Å². The Hall–Kier alpha value is -2.35. The monoisotopic (exact) mass is 217 g/mol. The van der Waals surface area contributed by atoms with Crippen LogP contribution in [-0.4, -0.2) is 19.2 Å². The van der Waals surface area contributed by atoms with Crippen molar-refractivity contribution in [3.63, 3.8) is 0 Å². The molecule has 1 N–H and O–H groups in total. The number of nitriles is 1. The number of methoxy groups -OCH3 is 1. The maximum Gasteiger partial charge on any atom is 0.254 e. The summed E-state index contributed by atoms with van der Waals surface area (Å²) in [5, 5.41) is 11.9. The lowest BCUT2D eigenvalue weighted by molar-refractivity contribution is -0.120. The van der Waals surface area contributed by atoms with Crippen molar-refractivity contribution in [3.8, 4) is 11.8 Å². The number of carbonyl (C=O) groups is 1. The SMILES string of the molecule is COc1cccc(/C=N/NC(=O)CC#N)c1. The summed E-state index contributed by atoms with van der Waals surface area (Å²) in [5.74, 6) is 0.286. The standard InChI is InChI=1S/C11H11N3O2/c1-16-10-4-2-3-9(7-10)8-13-14-11(15)5-6-12/h2-4,7-8H,5H2,1H3,(H,14,15)/b13-8+. The molecule has 0 spiro atoms. The third-order valence-corrected chi connectivity index (χ3v) is 1.74. The molecule has 1 rings (SSSR count). The molecule has 0 aliphatic rings. The van der Waals surface area contributed by atoms with E-state index < -0.39 is 5.91 Å². The van der Waals surface area contributed by atoms with Crippen molar-refractivity contribution in [3.05, 3.63) is 29.8 Å². The maximum atomic E-state index is 10.9. The lowest BCUT2D eigenvalue weighted by Gasteiger charge is -1.99. The first-order chi connectivity index (χ1) is 7.76. The molecular weight excluding hydrogens is 206 g/mol. The van der Waals surface area contributed by atoms with Crippen molar-refractivity contribution < 1.29 is 9.53 Å². The zero-order chi connectivity index (χ0) is 11.8. The highest BCUT2D eigenvalue weighted by atomic mass is 16.5. The Bertz CT molecular complexity index is 435. The number of benzene rings is 1. The highest BCUT2D eigenvalue weighted by molar-refractivity contribution is 5.83. The van der Waals surface area contributed by atoms with Gasteiger partial charge in [-0.3, -0.25) is 4.79 Å². The quantitative estimate of drug-likeness (QED) is 0.605. The van der Waals surface area contributed by atoms with Crippen molar-refractivity contribution in [1.82, 2.24) is 5.43 Å². The number of amides is 1. The van der Waals surface area contributed by atoms with Crippen LogP contribution >= 0.6 is 0 Å². The minimum Gasteiger partial charge on any atom is -0.497 e. The maximum absolute atomic E-state index is 10.9. The van der Waals surface area contributed by atoms with Gasteiger partial charge in [-0.2, -0.15) is 10.4 Å². The van der Waals surface area contributed by atoms with Crippen LogP contribution in [0, 0.1) is 11.3 Å². The van der Waals surface area contributed by atoms with Crippen LogP contribution in [-0.2, 0) is 4.79 Å². The van der Waals surface area contributed by atoms with Gasteiger partial charge >= 0.3 is 0 Å². The van der Waals surface area contributed by atoms with Crippen LogP contribution in [0.15, 0.2) is 29.4 Å². The Morgan fingerprint density at radius 1 is 1.69 bits per heavy atom. The number of carbonyl (C=O) groups excluding carboxylic acids is 1. The molecule has 0 bridgehead atoms. The van der Waals surface area contributed by atoms with Gasteiger partial charge in [0.25, 0.3) is 5.91 Å². The molecule has 5 nitrogen and oxygen atoms in total. The lowest BCUT2D eigenvalue weighted by atomic mass is 10.2. The van der Waals surface area contributed by atoms with E-state index >= 15 is 0 Å². The number of hydrogen-bond acceptors (Lipinski definition) is 4. The van der Waals surface area contributed by atoms with E-state index in [2.05, 4.69) is 10.5 Å². The number of hydrazone groups is 1. The van der Waals surface area contributed by atoms with Crippen LogP contribution in [0.3, 0.4) is 0 Å². The second-order valence-corrected chi connectivity index (χ2v) is 2.90. The average molecular weight is 217 g/mol. The molecule has 0 atom stereocenters. The largest absolute Gasteiger partial charge is 0.497 e. The molecule has 0 radical (unpaired) electrons. The zero-order valence-corrected chi connectivity index (χ0v) is 8.80. The Labute approximate surface area is 93.3 Å². The van der Waals surface area contributed by atoms with E-state index in [1.54, 1.807) is 19.2 Å². The van der Waals surface area contributed by atoms with Crippen LogP contribution < -0.4 is 10.2 Å². The Balaban J connectivity index is 2.56. The third-order valence-electron chi connectivity index (χ3n) is 1.74. The van der Waals surface area contributed by atoms with Crippen LogP contribution in [0.1, 0.15) is 12.0 Å². The zero-order valence-electron chi connectivity index (χ0n) is 8.80. The fraction of sp³-hybridized carbons (Fsp3) is 0.182. The fourth-order valence-corrected chi connectivity index (χ4v) is 1.01. The second-order valence-electron chi connectivity index (χ2n) is 2.90. The minimum atomic E-state index is -0.429. The lowest BCUT2D eigenvalue weighted by Crippen LogP contribution is -2.16. The molecule has 0 unspecified atom stereocenters. The van der Waals surface area contributed by atoms with Gasteiger partial charge in [-0.05, 0) is 17.7 Å². The average Bonchev–Trinajstić information content (AvgIpc) is 2.30. The van der Waals surface area contributed by atoms with E-state index in [1.165, 1.54) is 6.21 Å². The predicted molar refractivity (Wildman–Crippen MR) is 59.0 cm³/mol. The van der Waals surface area contributed by atoms with Gasteiger partial charge in [0.1, 0.15) is 12.2 Å². The topological polar surface area (TPSA) is 74.5 Å². The number of rotatable bonds is 4. The molecule has 0 heterocycles. The highest BCUT2D eigenvalue weighted by Crippen LogP contribution is 2.10. The molecule has 1 aromatic carbocycles. The van der Waals surface area contributed by atoms with E-state index in [0.29, 0.717) is 5.75 Å². The molecule has 5 heteroatoms. The molecule has 0 aliphatic heterocycles. The predicted octanol–water partition coefficient (Wildman–Crippen LogP) is 1.06. The van der Waals surface area contributed by atoms with Crippen LogP contribution in [0.2, 0.25) is 0 Å². The van der Waals surface area contributed by atoms with Crippen molar-refractivity contribution in [2.24, 2.45) is 5.10 Å². The van der Waals surface area contributed by atoms with Crippen molar-refractivity contribution >= 4 is 12.1 Å². The number of hydrogen-bond donors (Lipinski definition) is 1. The molecule has 0 saturated heterocycles. The summed E-state index contributed by atoms with van der Waals surface area (Å²) in [6.45, 7) is 0. The highest BCUT2D eigenvalue weighted by Gasteiger charge is 1.96. The van der Waals surface area contributed by atoms with Gasteiger partial charge in [0, 0.05) is 0 Å². The van der Waals surface area contributed by atoms with Crippen LogP contribution in [0.5, 0.6) is 5.75 Å². The molecule has 1 amide bonds. The van der Waals surface area contributed by atoms with Gasteiger partial charge in [0.05, 0.1) is 19.4 Å². The van der Waals surface area contributed by atoms with Gasteiger partial charge < -0.3 is 4.74 Å². The van der Waals surface area contributed by atoms with E-state index in [4.69, 9.17) is 10.00 Å². The summed E-state index contributed by atoms with van der Waals surface area (Å²) in [6.07, 6.45) is 1.28. The Morgan fingerprint density at radius 3 is 3.19 bits per heavy atom. The van der Waals surface area contributed by atoms with E-state index in [9.17, 15) is 4.79 Å². The van der Waals surface area contributed by atoms with E-state index in [0.717, 1.165) is 5.56 Å². The summed E-state index contributed by atoms with van der Waals surface area (Å²) in [4.78, 5) is 10.9. The van der Waals surface area contributed by atoms with Crippen molar-refractivity contribution in [1.29, 1.82) is 5.26 Å². The normalized spacial score (nSPS) is 9.75. The van der Waals surface area contributed by atoms with Crippen LogP contribution in [0.25, 0.3) is 0 Å². The Morgan fingerprint density at radius 2 is 2.50 bits per heavy atom. The van der Waals surface area contributed by atoms with Gasteiger partial charge in [-0.25, -0.2) is 5.43 Å². The summed E-state index contributed by atoms with van der Waals surface area (Å²) >= 11 is 0. The third kappa shape index (κ3) is 3.80. The smallest absolute Gasteiger partial charge is 0.254 e. The van der Waals surface area contributed by atoms with Gasteiger partial charge in [-0.15, -0.1) is 0 Å². The summed E-state index contributed by atoms with van der Waals surface area (Å²) in [6, 6.07) is 8.96. The molecule has 0 fully saturated rings.